The Morgan fingerprint density at radius 2 is 2.10 bits per heavy atom. The molecule has 4 heterocycles. The Hall–Kier alpha value is -1.04. The lowest BCUT2D eigenvalue weighted by Crippen LogP contribution is -2.52. The summed E-state index contributed by atoms with van der Waals surface area (Å²) in [4.78, 5) is 14.4. The largest absolute Gasteiger partial charge is 0.356 e. The number of rotatable bonds is 1. The number of nitrogens with zero attached hydrogens (tertiary/aromatic N) is 3. The fourth-order valence-electron chi connectivity index (χ4n) is 3.55. The monoisotopic (exact) mass is 329 g/mol. The van der Waals surface area contributed by atoms with Crippen LogP contribution in [-0.4, -0.2) is 40.6 Å². The second-order valence-corrected chi connectivity index (χ2v) is 5.63. The molecule has 2 fully saturated rings. The molecule has 0 aliphatic carbocycles. The average molecular weight is 330 g/mol. The molecule has 21 heavy (non-hydrogen) atoms. The molecule has 2 atom stereocenters. The van der Waals surface area contributed by atoms with Crippen molar-refractivity contribution in [3.8, 4) is 0 Å². The van der Waals surface area contributed by atoms with Crippen LogP contribution in [0.5, 0.6) is 0 Å². The Morgan fingerprint density at radius 3 is 3.00 bits per heavy atom. The zero-order valence-corrected chi connectivity index (χ0v) is 13.4. The van der Waals surface area contributed by atoms with E-state index in [0.717, 1.165) is 35.9 Å². The van der Waals surface area contributed by atoms with Crippen molar-refractivity contribution in [2.75, 3.05) is 24.5 Å². The van der Waals surface area contributed by atoms with Crippen LogP contribution in [0, 0.1) is 5.92 Å². The maximum Gasteiger partial charge on any atom is 0.142 e. The fraction of sp³-hybridized carbons (Fsp3) is 0.571. The maximum absolute atomic E-state index is 4.51. The fourth-order valence-corrected chi connectivity index (χ4v) is 3.55. The minimum absolute atomic E-state index is 0. The van der Waals surface area contributed by atoms with E-state index < -0.39 is 0 Å². The molecule has 0 unspecified atom stereocenters. The van der Waals surface area contributed by atoms with E-state index in [1.165, 1.54) is 25.8 Å². The van der Waals surface area contributed by atoms with E-state index in [4.69, 9.17) is 0 Å². The summed E-state index contributed by atoms with van der Waals surface area (Å²) >= 11 is 0. The first-order chi connectivity index (χ1) is 9.42. The van der Waals surface area contributed by atoms with E-state index in [1.54, 1.807) is 6.33 Å². The van der Waals surface area contributed by atoms with Crippen LogP contribution in [0.25, 0.3) is 11.0 Å². The van der Waals surface area contributed by atoms with Crippen LogP contribution in [-0.2, 0) is 0 Å². The molecule has 0 aromatic carbocycles. The zero-order valence-electron chi connectivity index (χ0n) is 11.8. The first kappa shape index (κ1) is 16.3. The van der Waals surface area contributed by atoms with Crippen LogP contribution >= 0.6 is 24.8 Å². The van der Waals surface area contributed by atoms with Gasteiger partial charge in [-0.15, -0.1) is 24.8 Å². The van der Waals surface area contributed by atoms with E-state index in [9.17, 15) is 0 Å². The summed E-state index contributed by atoms with van der Waals surface area (Å²) in [5, 5.41) is 4.80. The molecular weight excluding hydrogens is 309 g/mol. The van der Waals surface area contributed by atoms with Crippen molar-refractivity contribution in [2.24, 2.45) is 5.92 Å². The second kappa shape index (κ2) is 6.81. The molecule has 2 aliphatic heterocycles. The normalized spacial score (nSPS) is 24.9. The van der Waals surface area contributed by atoms with E-state index in [-0.39, 0.29) is 24.8 Å². The summed E-state index contributed by atoms with van der Waals surface area (Å²) < 4.78 is 0. The number of H-pyrrole nitrogens is 1. The van der Waals surface area contributed by atoms with Gasteiger partial charge in [0.25, 0.3) is 0 Å². The molecule has 2 aromatic rings. The lowest BCUT2D eigenvalue weighted by molar-refractivity contribution is 0.244. The molecule has 5 nitrogen and oxygen atoms in total. The quantitative estimate of drug-likeness (QED) is 0.843. The van der Waals surface area contributed by atoms with Crippen LogP contribution in [0.2, 0.25) is 0 Å². The van der Waals surface area contributed by atoms with Crippen molar-refractivity contribution in [3.63, 3.8) is 0 Å². The molecule has 2 aromatic heterocycles. The Bertz CT molecular complexity index is 588. The first-order valence-corrected chi connectivity index (χ1v) is 7.18. The summed E-state index contributed by atoms with van der Waals surface area (Å²) in [5.41, 5.74) is 0.939. The summed E-state index contributed by atoms with van der Waals surface area (Å²) in [5.74, 6) is 1.86. The number of aromatic amines is 1. The minimum atomic E-state index is 0. The van der Waals surface area contributed by atoms with Crippen molar-refractivity contribution >= 4 is 41.7 Å². The van der Waals surface area contributed by atoms with Gasteiger partial charge in [-0.05, 0) is 37.8 Å². The summed E-state index contributed by atoms with van der Waals surface area (Å²) in [6.45, 7) is 3.40. The maximum atomic E-state index is 4.51. The van der Waals surface area contributed by atoms with Crippen LogP contribution in [0.1, 0.15) is 19.3 Å². The van der Waals surface area contributed by atoms with E-state index in [0.29, 0.717) is 6.04 Å². The minimum Gasteiger partial charge on any atom is -0.356 e. The Balaban J connectivity index is 0.000000807. The molecule has 0 amide bonds. The van der Waals surface area contributed by atoms with Gasteiger partial charge in [0.1, 0.15) is 17.8 Å². The Morgan fingerprint density at radius 1 is 1.19 bits per heavy atom. The van der Waals surface area contributed by atoms with Crippen molar-refractivity contribution in [3.05, 3.63) is 18.6 Å². The number of piperidine rings is 2. The standard InChI is InChI=1S/C14H19N5.2ClH/c1-2-10-8-19(7-4-12(10)15-5-1)14-11-3-6-16-13(11)17-9-18-14;;/h3,6,9-10,12,15H,1-2,4-5,7-8H2,(H,16,17,18);2*1H/t10-,12+;;/m1../s1. The summed E-state index contributed by atoms with van der Waals surface area (Å²) in [6.07, 6.45) is 7.48. The summed E-state index contributed by atoms with van der Waals surface area (Å²) in [7, 11) is 0. The van der Waals surface area contributed by atoms with Crippen LogP contribution in [0.3, 0.4) is 0 Å². The van der Waals surface area contributed by atoms with Crippen LogP contribution in [0.15, 0.2) is 18.6 Å². The van der Waals surface area contributed by atoms with E-state index in [2.05, 4.69) is 31.2 Å². The van der Waals surface area contributed by atoms with Gasteiger partial charge >= 0.3 is 0 Å². The van der Waals surface area contributed by atoms with Gasteiger partial charge in [0.15, 0.2) is 0 Å². The smallest absolute Gasteiger partial charge is 0.142 e. The zero-order chi connectivity index (χ0) is 12.7. The van der Waals surface area contributed by atoms with Crippen molar-refractivity contribution in [2.45, 2.75) is 25.3 Å². The molecule has 0 bridgehead atoms. The number of halogens is 2. The summed E-state index contributed by atoms with van der Waals surface area (Å²) in [6, 6.07) is 2.80. The third kappa shape index (κ3) is 2.96. The predicted octanol–water partition coefficient (Wildman–Crippen LogP) is 2.38. The van der Waals surface area contributed by atoms with Crippen LogP contribution < -0.4 is 10.2 Å². The molecule has 7 heteroatoms. The molecular formula is C14H21Cl2N5. The van der Waals surface area contributed by atoms with Crippen molar-refractivity contribution < 1.29 is 0 Å². The third-order valence-corrected chi connectivity index (χ3v) is 4.52. The highest BCUT2D eigenvalue weighted by Crippen LogP contribution is 2.30. The number of hydrogen-bond donors (Lipinski definition) is 2. The van der Waals surface area contributed by atoms with Gasteiger partial charge < -0.3 is 15.2 Å². The topological polar surface area (TPSA) is 56.8 Å². The number of fused-ring (bicyclic) bond motifs is 2. The molecule has 0 spiro atoms. The third-order valence-electron chi connectivity index (χ3n) is 4.52. The average Bonchev–Trinajstić information content (AvgIpc) is 2.95. The van der Waals surface area contributed by atoms with Gasteiger partial charge in [-0.3, -0.25) is 0 Å². The number of hydrogen-bond acceptors (Lipinski definition) is 4. The van der Waals surface area contributed by atoms with Crippen molar-refractivity contribution in [1.29, 1.82) is 0 Å². The molecule has 2 saturated heterocycles. The van der Waals surface area contributed by atoms with Crippen LogP contribution in [0.4, 0.5) is 5.82 Å². The number of nitrogens with one attached hydrogen (secondary N) is 2. The number of anilines is 1. The van der Waals surface area contributed by atoms with Crippen molar-refractivity contribution in [1.82, 2.24) is 20.3 Å². The van der Waals surface area contributed by atoms with Gasteiger partial charge in [-0.1, -0.05) is 0 Å². The SMILES string of the molecule is Cl.Cl.c1nc(N2CC[C@@H]3NCCC[C@@H]3C2)c2cc[nH]c2n1. The molecule has 0 saturated carbocycles. The highest BCUT2D eigenvalue weighted by atomic mass is 35.5. The Kier molecular flexibility index (Phi) is 5.30. The van der Waals surface area contributed by atoms with Gasteiger partial charge in [0.05, 0.1) is 5.39 Å². The second-order valence-electron chi connectivity index (χ2n) is 5.63. The molecule has 0 radical (unpaired) electrons. The van der Waals surface area contributed by atoms with Gasteiger partial charge in [-0.25, -0.2) is 9.97 Å². The lowest BCUT2D eigenvalue weighted by Gasteiger charge is -2.42. The Labute approximate surface area is 136 Å². The molecule has 116 valence electrons. The van der Waals surface area contributed by atoms with Gasteiger partial charge in [-0.2, -0.15) is 0 Å². The lowest BCUT2D eigenvalue weighted by atomic mass is 9.85. The predicted molar refractivity (Wildman–Crippen MR) is 89.7 cm³/mol. The highest BCUT2D eigenvalue weighted by molar-refractivity contribution is 5.87. The van der Waals surface area contributed by atoms with E-state index in [1.807, 2.05) is 6.20 Å². The van der Waals surface area contributed by atoms with E-state index >= 15 is 0 Å². The number of aromatic nitrogens is 3. The molecule has 4 rings (SSSR count). The first-order valence-electron chi connectivity index (χ1n) is 7.18. The van der Waals surface area contributed by atoms with Gasteiger partial charge in [0, 0.05) is 25.3 Å². The highest BCUT2D eigenvalue weighted by Gasteiger charge is 2.31. The van der Waals surface area contributed by atoms with Gasteiger partial charge in [0.2, 0.25) is 0 Å². The molecule has 2 aliphatic rings. The molecule has 2 N–H and O–H groups in total.